The number of nitrogens with one attached hydrogen (secondary N) is 1. The molecule has 3 heterocycles. The fraction of sp³-hybridized carbons (Fsp3) is 0.464. The van der Waals surface area contributed by atoms with Gasteiger partial charge in [-0.15, -0.1) is 0 Å². The Morgan fingerprint density at radius 2 is 1.77 bits per heavy atom. The first-order chi connectivity index (χ1) is 16.9. The molecule has 1 atom stereocenters. The molecular weight excluding hydrogens is 440 g/mol. The SMILES string of the molecule is Cc1ccccc1CN1CCC2(CC[C@@H](CNC(=O)Cn3nc(C)c4ccccc4c3=O)O2)CC1. The first-order valence-electron chi connectivity index (χ1n) is 12.6. The van der Waals surface area contributed by atoms with Gasteiger partial charge in [0.15, 0.2) is 0 Å². The molecule has 1 spiro atoms. The van der Waals surface area contributed by atoms with E-state index in [2.05, 4.69) is 46.5 Å². The van der Waals surface area contributed by atoms with Crippen LogP contribution in [0, 0.1) is 13.8 Å². The summed E-state index contributed by atoms with van der Waals surface area (Å²) in [5.74, 6) is -0.216. The third-order valence-electron chi connectivity index (χ3n) is 7.63. The standard InChI is InChI=1S/C28H34N4O3/c1-20-7-3-4-8-22(20)18-31-15-13-28(14-16-31)12-11-23(35-28)17-29-26(33)19-32-27(34)25-10-6-5-9-24(25)21(2)30-32/h3-10,23H,11-19H2,1-2H3,(H,29,33)/t23-/m0/s1. The van der Waals surface area contributed by atoms with Crippen LogP contribution in [0.25, 0.3) is 10.8 Å². The third-order valence-corrected chi connectivity index (χ3v) is 7.63. The lowest BCUT2D eigenvalue weighted by atomic mass is 9.88. The average molecular weight is 475 g/mol. The summed E-state index contributed by atoms with van der Waals surface area (Å²) in [5, 5.41) is 8.71. The summed E-state index contributed by atoms with van der Waals surface area (Å²) in [6.07, 6.45) is 4.06. The van der Waals surface area contributed by atoms with Crippen LogP contribution in [-0.2, 0) is 22.6 Å². The zero-order chi connectivity index (χ0) is 24.4. The van der Waals surface area contributed by atoms with E-state index in [1.54, 1.807) is 6.07 Å². The van der Waals surface area contributed by atoms with Crippen LogP contribution >= 0.6 is 0 Å². The van der Waals surface area contributed by atoms with Crippen molar-refractivity contribution in [3.05, 3.63) is 75.7 Å². The summed E-state index contributed by atoms with van der Waals surface area (Å²) in [6, 6.07) is 16.0. The minimum Gasteiger partial charge on any atom is -0.370 e. The molecule has 1 aromatic heterocycles. The van der Waals surface area contributed by atoms with Gasteiger partial charge in [-0.1, -0.05) is 42.5 Å². The normalized spacial score (nSPS) is 19.9. The van der Waals surface area contributed by atoms with Crippen molar-refractivity contribution in [2.24, 2.45) is 0 Å². The van der Waals surface area contributed by atoms with Crippen LogP contribution in [0.4, 0.5) is 0 Å². The lowest BCUT2D eigenvalue weighted by molar-refractivity contribution is -0.123. The Kier molecular flexibility index (Phi) is 6.71. The minimum absolute atomic E-state index is 0.0184. The van der Waals surface area contributed by atoms with E-state index in [1.807, 2.05) is 25.1 Å². The molecule has 2 aromatic carbocycles. The number of nitrogens with zero attached hydrogens (tertiary/aromatic N) is 3. The predicted molar refractivity (Wildman–Crippen MR) is 136 cm³/mol. The third kappa shape index (κ3) is 5.16. The maximum atomic E-state index is 12.7. The van der Waals surface area contributed by atoms with Crippen molar-refractivity contribution in [3.8, 4) is 0 Å². The number of fused-ring (bicyclic) bond motifs is 1. The first-order valence-corrected chi connectivity index (χ1v) is 12.6. The van der Waals surface area contributed by atoms with Crippen LogP contribution in [0.15, 0.2) is 53.3 Å². The Labute approximate surface area is 206 Å². The van der Waals surface area contributed by atoms with E-state index >= 15 is 0 Å². The number of ether oxygens (including phenoxy) is 1. The van der Waals surface area contributed by atoms with Crippen molar-refractivity contribution >= 4 is 16.7 Å². The highest BCUT2D eigenvalue weighted by molar-refractivity contribution is 5.83. The molecule has 7 heteroatoms. The number of rotatable bonds is 6. The molecule has 2 fully saturated rings. The van der Waals surface area contributed by atoms with Gasteiger partial charge >= 0.3 is 0 Å². The quantitative estimate of drug-likeness (QED) is 0.593. The molecule has 0 radical (unpaired) electrons. The minimum atomic E-state index is -0.241. The van der Waals surface area contributed by atoms with Crippen LogP contribution in [-0.4, -0.2) is 51.9 Å². The Balaban J connectivity index is 1.11. The molecule has 7 nitrogen and oxygen atoms in total. The van der Waals surface area contributed by atoms with E-state index in [1.165, 1.54) is 15.8 Å². The van der Waals surface area contributed by atoms with Gasteiger partial charge in [0.25, 0.3) is 5.56 Å². The van der Waals surface area contributed by atoms with E-state index in [0.717, 1.165) is 56.4 Å². The molecule has 1 amide bonds. The number of hydrogen-bond acceptors (Lipinski definition) is 5. The maximum Gasteiger partial charge on any atom is 0.275 e. The van der Waals surface area contributed by atoms with Crippen LogP contribution in [0.3, 0.4) is 0 Å². The highest BCUT2D eigenvalue weighted by atomic mass is 16.5. The van der Waals surface area contributed by atoms with E-state index in [-0.39, 0.29) is 29.7 Å². The Morgan fingerprint density at radius 3 is 2.54 bits per heavy atom. The number of carbonyl (C=O) groups excluding carboxylic acids is 1. The molecule has 0 aliphatic carbocycles. The van der Waals surface area contributed by atoms with Gasteiger partial charge in [-0.25, -0.2) is 4.68 Å². The highest BCUT2D eigenvalue weighted by Gasteiger charge is 2.42. The van der Waals surface area contributed by atoms with Gasteiger partial charge in [-0.05, 0) is 56.7 Å². The van der Waals surface area contributed by atoms with Gasteiger partial charge in [0.2, 0.25) is 5.91 Å². The van der Waals surface area contributed by atoms with Gasteiger partial charge in [0.05, 0.1) is 22.8 Å². The second-order valence-electron chi connectivity index (χ2n) is 10.1. The van der Waals surface area contributed by atoms with Gasteiger partial charge in [0, 0.05) is 31.6 Å². The summed E-state index contributed by atoms with van der Waals surface area (Å²) in [4.78, 5) is 27.9. The van der Waals surface area contributed by atoms with Crippen molar-refractivity contribution in [1.29, 1.82) is 0 Å². The molecule has 35 heavy (non-hydrogen) atoms. The topological polar surface area (TPSA) is 76.5 Å². The largest absolute Gasteiger partial charge is 0.370 e. The Bertz CT molecular complexity index is 1280. The predicted octanol–water partition coefficient (Wildman–Crippen LogP) is 3.34. The Hall–Kier alpha value is -3.03. The molecule has 2 saturated heterocycles. The monoisotopic (exact) mass is 474 g/mol. The molecule has 0 saturated carbocycles. The molecule has 0 unspecified atom stereocenters. The fourth-order valence-electron chi connectivity index (χ4n) is 5.49. The lowest BCUT2D eigenvalue weighted by Gasteiger charge is -2.39. The smallest absolute Gasteiger partial charge is 0.275 e. The molecule has 184 valence electrons. The zero-order valence-electron chi connectivity index (χ0n) is 20.6. The van der Waals surface area contributed by atoms with E-state index in [9.17, 15) is 9.59 Å². The summed E-state index contributed by atoms with van der Waals surface area (Å²) in [7, 11) is 0. The van der Waals surface area contributed by atoms with Gasteiger partial charge in [0.1, 0.15) is 6.54 Å². The van der Waals surface area contributed by atoms with Crippen LogP contribution in [0.5, 0.6) is 0 Å². The molecule has 2 aliphatic heterocycles. The second kappa shape index (κ2) is 9.91. The van der Waals surface area contributed by atoms with Crippen molar-refractivity contribution in [2.75, 3.05) is 19.6 Å². The number of piperidine rings is 1. The van der Waals surface area contributed by atoms with Crippen molar-refractivity contribution in [1.82, 2.24) is 20.0 Å². The summed E-state index contributed by atoms with van der Waals surface area (Å²) in [6.45, 7) is 7.46. The Morgan fingerprint density at radius 1 is 1.06 bits per heavy atom. The van der Waals surface area contributed by atoms with Crippen molar-refractivity contribution in [3.63, 3.8) is 0 Å². The van der Waals surface area contributed by atoms with Crippen LogP contribution < -0.4 is 10.9 Å². The summed E-state index contributed by atoms with van der Waals surface area (Å²) in [5.41, 5.74) is 3.17. The first kappa shape index (κ1) is 23.7. The summed E-state index contributed by atoms with van der Waals surface area (Å²) < 4.78 is 7.75. The molecule has 0 bridgehead atoms. The molecule has 3 aromatic rings. The maximum absolute atomic E-state index is 12.7. The molecule has 5 rings (SSSR count). The highest BCUT2D eigenvalue weighted by Crippen LogP contribution is 2.39. The number of carbonyl (C=O) groups is 1. The number of likely N-dealkylation sites (tertiary alicyclic amines) is 1. The summed E-state index contributed by atoms with van der Waals surface area (Å²) >= 11 is 0. The number of aromatic nitrogens is 2. The molecule has 1 N–H and O–H groups in total. The van der Waals surface area contributed by atoms with Crippen LogP contribution in [0.2, 0.25) is 0 Å². The number of amides is 1. The van der Waals surface area contributed by atoms with E-state index in [4.69, 9.17) is 4.74 Å². The average Bonchev–Trinajstić information content (AvgIpc) is 3.26. The number of aryl methyl sites for hydroxylation is 2. The molecular formula is C28H34N4O3. The number of benzene rings is 2. The number of hydrogen-bond donors (Lipinski definition) is 1. The fourth-order valence-corrected chi connectivity index (χ4v) is 5.49. The van der Waals surface area contributed by atoms with Gasteiger partial charge < -0.3 is 10.1 Å². The van der Waals surface area contributed by atoms with Crippen LogP contribution in [0.1, 0.15) is 42.5 Å². The van der Waals surface area contributed by atoms with E-state index < -0.39 is 0 Å². The van der Waals surface area contributed by atoms with Gasteiger partial charge in [-0.2, -0.15) is 5.10 Å². The van der Waals surface area contributed by atoms with Crippen molar-refractivity contribution < 1.29 is 9.53 Å². The lowest BCUT2D eigenvalue weighted by Crippen LogP contribution is -2.45. The zero-order valence-corrected chi connectivity index (χ0v) is 20.6. The molecule has 2 aliphatic rings. The second-order valence-corrected chi connectivity index (χ2v) is 10.1. The van der Waals surface area contributed by atoms with Crippen molar-refractivity contribution in [2.45, 2.75) is 64.3 Å². The van der Waals surface area contributed by atoms with Gasteiger partial charge in [-0.3, -0.25) is 14.5 Å². The van der Waals surface area contributed by atoms with E-state index in [0.29, 0.717) is 11.9 Å².